The molecule has 0 aromatic heterocycles. The third kappa shape index (κ3) is 31.5. The van der Waals surface area contributed by atoms with Crippen molar-refractivity contribution in [1.29, 1.82) is 0 Å². The lowest BCUT2D eigenvalue weighted by Crippen LogP contribution is -2.24. The number of hydrogen-bond acceptors (Lipinski definition) is 1. The molecule has 0 bridgehead atoms. The molecule has 0 amide bonds. The molecule has 0 rings (SSSR count). The van der Waals surface area contributed by atoms with Crippen LogP contribution in [0.4, 0.5) is 0 Å². The van der Waals surface area contributed by atoms with Crippen LogP contribution in [0.1, 0.15) is 75.2 Å². The molecule has 0 aliphatic heterocycles. The first kappa shape index (κ1) is 24.3. The van der Waals surface area contributed by atoms with E-state index in [-0.39, 0.29) is 0 Å². The molecule has 0 spiro atoms. The first-order chi connectivity index (χ1) is 7.35. The van der Waals surface area contributed by atoms with Gasteiger partial charge in [0.1, 0.15) is 0 Å². The fraction of sp³-hybridized carbons (Fsp3) is 1.00. The van der Waals surface area contributed by atoms with E-state index in [1.54, 1.807) is 0 Å². The van der Waals surface area contributed by atoms with Gasteiger partial charge < -0.3 is 4.90 Å². The molecule has 0 aliphatic rings. The highest BCUT2D eigenvalue weighted by Gasteiger charge is 1.95. The van der Waals surface area contributed by atoms with E-state index in [4.69, 9.17) is 0 Å². The van der Waals surface area contributed by atoms with Crippen molar-refractivity contribution in [1.82, 2.24) is 4.90 Å². The van der Waals surface area contributed by atoms with E-state index in [0.717, 1.165) is 0 Å². The Morgan fingerprint density at radius 3 is 1.00 bits per heavy atom. The standard InChI is InChI=1S/C8H19N.3C2H6/c1-4-7-9(6-3)8-5-2;3*1-2/h4-8H2,1-3H3;3*1-2H3. The van der Waals surface area contributed by atoms with Crippen LogP contribution in [0.15, 0.2) is 0 Å². The molecule has 0 heterocycles. The average molecular weight is 219 g/mol. The van der Waals surface area contributed by atoms with Gasteiger partial charge in [-0.25, -0.2) is 0 Å². The maximum absolute atomic E-state index is 2.49. The van der Waals surface area contributed by atoms with E-state index in [2.05, 4.69) is 25.7 Å². The summed E-state index contributed by atoms with van der Waals surface area (Å²) in [5, 5.41) is 0. The molecule has 15 heavy (non-hydrogen) atoms. The van der Waals surface area contributed by atoms with E-state index in [1.807, 2.05) is 41.5 Å². The lowest BCUT2D eigenvalue weighted by molar-refractivity contribution is 0.289. The van der Waals surface area contributed by atoms with Gasteiger partial charge >= 0.3 is 0 Å². The maximum atomic E-state index is 2.49. The highest BCUT2D eigenvalue weighted by atomic mass is 15.1. The molecule has 0 saturated heterocycles. The van der Waals surface area contributed by atoms with Crippen LogP contribution in [0, 0.1) is 0 Å². The highest BCUT2D eigenvalue weighted by Crippen LogP contribution is 1.91. The van der Waals surface area contributed by atoms with Gasteiger partial charge in [-0.05, 0) is 32.5 Å². The molecule has 0 aromatic rings. The van der Waals surface area contributed by atoms with Gasteiger partial charge in [-0.15, -0.1) is 0 Å². The van der Waals surface area contributed by atoms with Crippen LogP contribution in [0.3, 0.4) is 0 Å². The Labute approximate surface area is 100 Å². The molecule has 1 nitrogen and oxygen atoms in total. The Kier molecular flexibility index (Phi) is 59.9. The molecule has 0 atom stereocenters. The van der Waals surface area contributed by atoms with Gasteiger partial charge in [-0.3, -0.25) is 0 Å². The lowest BCUT2D eigenvalue weighted by atomic mass is 10.3. The summed E-state index contributed by atoms with van der Waals surface area (Å²) < 4.78 is 0. The fourth-order valence-electron chi connectivity index (χ4n) is 1.06. The van der Waals surface area contributed by atoms with Crippen LogP contribution < -0.4 is 0 Å². The van der Waals surface area contributed by atoms with Gasteiger partial charge in [0, 0.05) is 0 Å². The van der Waals surface area contributed by atoms with Crippen molar-refractivity contribution < 1.29 is 0 Å². The number of rotatable bonds is 5. The molecular weight excluding hydrogens is 182 g/mol. The van der Waals surface area contributed by atoms with Gasteiger partial charge in [0.15, 0.2) is 0 Å². The zero-order valence-electron chi connectivity index (χ0n) is 13.0. The summed E-state index contributed by atoms with van der Waals surface area (Å²) in [5.74, 6) is 0. The van der Waals surface area contributed by atoms with E-state index in [9.17, 15) is 0 Å². The predicted octanol–water partition coefficient (Wildman–Crippen LogP) is 5.21. The molecule has 0 aromatic carbocycles. The quantitative estimate of drug-likeness (QED) is 0.614. The maximum Gasteiger partial charge on any atom is -0.00215 e. The van der Waals surface area contributed by atoms with Crippen LogP contribution in [-0.2, 0) is 0 Å². The second-order valence-corrected chi connectivity index (χ2v) is 2.43. The Hall–Kier alpha value is -0.0400. The Morgan fingerprint density at radius 1 is 0.600 bits per heavy atom. The van der Waals surface area contributed by atoms with Crippen LogP contribution >= 0.6 is 0 Å². The largest absolute Gasteiger partial charge is 0.304 e. The monoisotopic (exact) mass is 219 g/mol. The summed E-state index contributed by atoms with van der Waals surface area (Å²) in [6.07, 6.45) is 2.57. The van der Waals surface area contributed by atoms with Gasteiger partial charge in [0.05, 0.1) is 0 Å². The zero-order valence-corrected chi connectivity index (χ0v) is 13.0. The van der Waals surface area contributed by atoms with Crippen molar-refractivity contribution in [2.24, 2.45) is 0 Å². The molecule has 0 N–H and O–H groups in total. The minimum Gasteiger partial charge on any atom is -0.304 e. The van der Waals surface area contributed by atoms with Crippen molar-refractivity contribution in [3.05, 3.63) is 0 Å². The third-order valence-electron chi connectivity index (χ3n) is 1.53. The smallest absolute Gasteiger partial charge is 0.00215 e. The Morgan fingerprint density at radius 2 is 0.867 bits per heavy atom. The normalized spacial score (nSPS) is 7.60. The molecule has 0 radical (unpaired) electrons. The summed E-state index contributed by atoms with van der Waals surface area (Å²) in [6.45, 7) is 22.4. The molecule has 0 aliphatic carbocycles. The van der Waals surface area contributed by atoms with Crippen LogP contribution in [0.25, 0.3) is 0 Å². The molecule has 1 heteroatoms. The van der Waals surface area contributed by atoms with E-state index in [1.165, 1.54) is 32.5 Å². The third-order valence-corrected chi connectivity index (χ3v) is 1.53. The van der Waals surface area contributed by atoms with E-state index >= 15 is 0 Å². The summed E-state index contributed by atoms with van der Waals surface area (Å²) in [6, 6.07) is 0. The van der Waals surface area contributed by atoms with Gasteiger partial charge in [-0.2, -0.15) is 0 Å². The van der Waals surface area contributed by atoms with Crippen LogP contribution in [0.5, 0.6) is 0 Å². The topological polar surface area (TPSA) is 3.24 Å². The first-order valence-electron chi connectivity index (χ1n) is 7.07. The van der Waals surface area contributed by atoms with Crippen molar-refractivity contribution >= 4 is 0 Å². The van der Waals surface area contributed by atoms with Gasteiger partial charge in [-0.1, -0.05) is 62.3 Å². The molecular formula is C14H37N. The van der Waals surface area contributed by atoms with Crippen molar-refractivity contribution in [2.45, 2.75) is 75.2 Å². The minimum absolute atomic E-state index is 1.21. The van der Waals surface area contributed by atoms with Gasteiger partial charge in [0.25, 0.3) is 0 Å². The zero-order chi connectivity index (χ0) is 13.1. The van der Waals surface area contributed by atoms with Gasteiger partial charge in [0.2, 0.25) is 0 Å². The summed E-state index contributed by atoms with van der Waals surface area (Å²) in [7, 11) is 0. The number of hydrogen-bond donors (Lipinski definition) is 0. The van der Waals surface area contributed by atoms with E-state index in [0.29, 0.717) is 0 Å². The SMILES string of the molecule is CC.CC.CC.CCCN(CC)CCC. The van der Waals surface area contributed by atoms with E-state index < -0.39 is 0 Å². The van der Waals surface area contributed by atoms with Crippen molar-refractivity contribution in [2.75, 3.05) is 19.6 Å². The lowest BCUT2D eigenvalue weighted by Gasteiger charge is -2.17. The Bertz CT molecular complexity index is 47.3. The highest BCUT2D eigenvalue weighted by molar-refractivity contribution is 4.50. The molecule has 98 valence electrons. The minimum atomic E-state index is 1.21. The second kappa shape index (κ2) is 37.0. The summed E-state index contributed by atoms with van der Waals surface area (Å²) >= 11 is 0. The average Bonchev–Trinajstić information content (AvgIpc) is 2.36. The first-order valence-corrected chi connectivity index (χ1v) is 7.07. The van der Waals surface area contributed by atoms with Crippen molar-refractivity contribution in [3.8, 4) is 0 Å². The Balaban J connectivity index is -0.0000000860. The second-order valence-electron chi connectivity index (χ2n) is 2.43. The molecule has 0 fully saturated rings. The number of nitrogens with zero attached hydrogens (tertiary/aromatic N) is 1. The fourth-order valence-corrected chi connectivity index (χ4v) is 1.06. The van der Waals surface area contributed by atoms with Crippen molar-refractivity contribution in [3.63, 3.8) is 0 Å². The molecule has 0 saturated carbocycles. The molecule has 0 unspecified atom stereocenters. The summed E-state index contributed by atoms with van der Waals surface area (Å²) in [4.78, 5) is 2.49. The predicted molar refractivity (Wildman–Crippen MR) is 76.7 cm³/mol. The van der Waals surface area contributed by atoms with Crippen LogP contribution in [0.2, 0.25) is 0 Å². The summed E-state index contributed by atoms with van der Waals surface area (Å²) in [5.41, 5.74) is 0. The van der Waals surface area contributed by atoms with Crippen LogP contribution in [-0.4, -0.2) is 24.5 Å².